The van der Waals surface area contributed by atoms with Gasteiger partial charge in [-0.05, 0) is 12.8 Å². The Morgan fingerprint density at radius 1 is 1.83 bits per heavy atom. The van der Waals surface area contributed by atoms with Crippen molar-refractivity contribution in [2.45, 2.75) is 0 Å². The lowest BCUT2D eigenvalue weighted by atomic mass is 10.1. The average Bonchev–Trinajstić information content (AvgIpc) is 1.72. The van der Waals surface area contributed by atoms with E-state index < -0.39 is 0 Å². The number of rotatable bonds is 0. The summed E-state index contributed by atoms with van der Waals surface area (Å²) in [5.41, 5.74) is 0. The third-order valence-corrected chi connectivity index (χ3v) is 0.593. The van der Waals surface area contributed by atoms with Crippen LogP contribution in [-0.2, 0) is 0 Å². The number of hydrogen-bond donors (Lipinski definition) is 1. The molecular formula is C3H5BN2. The van der Waals surface area contributed by atoms with Crippen molar-refractivity contribution < 1.29 is 0 Å². The zero-order chi connectivity index (χ0) is 4.24. The van der Waals surface area contributed by atoms with E-state index in [0.717, 1.165) is 6.54 Å². The first-order chi connectivity index (χ1) is 3.00. The molecule has 0 aromatic heterocycles. The molecule has 6 heavy (non-hydrogen) atoms. The van der Waals surface area contributed by atoms with Crippen LogP contribution < -0.4 is 5.23 Å². The lowest BCUT2D eigenvalue weighted by molar-refractivity contribution is 1.04. The molecule has 0 spiro atoms. The van der Waals surface area contributed by atoms with Crippen LogP contribution in [0.15, 0.2) is 4.90 Å². The van der Waals surface area contributed by atoms with Crippen LogP contribution in [0.1, 0.15) is 0 Å². The van der Waals surface area contributed by atoms with Crippen LogP contribution in [0.4, 0.5) is 0 Å². The molecule has 0 fully saturated rings. The average molecular weight is 79.9 g/mol. The predicted molar refractivity (Wildman–Crippen MR) is 26.5 cm³/mol. The Kier molecular flexibility index (Phi) is 1.27. The Bertz CT molecular complexity index is 53.8. The molecule has 0 saturated heterocycles. The number of hydrogen-bond acceptors (Lipinski definition) is 2. The van der Waals surface area contributed by atoms with E-state index in [4.69, 9.17) is 0 Å². The van der Waals surface area contributed by atoms with Crippen LogP contribution in [0, 0.1) is 6.42 Å². The van der Waals surface area contributed by atoms with Gasteiger partial charge in [-0.15, -0.1) is 0 Å². The van der Waals surface area contributed by atoms with Crippen LogP contribution >= 0.6 is 0 Å². The highest BCUT2D eigenvalue weighted by molar-refractivity contribution is 6.32. The predicted octanol–water partition coefficient (Wildman–Crippen LogP) is -0.601. The molecule has 1 rings (SSSR count). The van der Waals surface area contributed by atoms with Gasteiger partial charge in [-0.3, -0.25) is 0 Å². The second kappa shape index (κ2) is 1.98. The molecule has 1 aliphatic rings. The van der Waals surface area contributed by atoms with Crippen LogP contribution in [0.25, 0.3) is 0 Å². The normalized spacial score (nSPS) is 20.0. The molecule has 0 saturated carbocycles. The molecule has 0 aliphatic carbocycles. The maximum atomic E-state index is 3.76. The third-order valence-electron chi connectivity index (χ3n) is 0.593. The molecule has 0 aromatic rings. The summed E-state index contributed by atoms with van der Waals surface area (Å²) >= 11 is 0. The number of nitrogens with one attached hydrogen (secondary N) is 1. The van der Waals surface area contributed by atoms with Gasteiger partial charge in [-0.1, -0.05) is 0 Å². The Balaban J connectivity index is 2.26. The molecule has 2 nitrogen and oxygen atoms in total. The van der Waals surface area contributed by atoms with Gasteiger partial charge in [-0.25, -0.2) is 0 Å². The highest BCUT2D eigenvalue weighted by Gasteiger charge is 1.89. The van der Waals surface area contributed by atoms with Gasteiger partial charge < -0.3 is 10.1 Å². The minimum absolute atomic E-state index is 0.920. The topological polar surface area (TPSA) is 24.4 Å². The second-order valence-electron chi connectivity index (χ2n) is 1.07. The first-order valence-electron chi connectivity index (χ1n) is 1.90. The molecule has 0 amide bonds. The zero-order valence-corrected chi connectivity index (χ0v) is 3.39. The largest absolute Gasteiger partial charge is 0.369 e. The SMILES string of the molecule is [B]1N=C[CH]CN1. The van der Waals surface area contributed by atoms with Crippen molar-refractivity contribution >= 4 is 13.8 Å². The third kappa shape index (κ3) is 0.827. The van der Waals surface area contributed by atoms with E-state index in [9.17, 15) is 0 Å². The second-order valence-corrected chi connectivity index (χ2v) is 1.07. The maximum Gasteiger partial charge on any atom is 0.369 e. The Hall–Kier alpha value is -0.305. The molecular weight excluding hydrogens is 74.9 g/mol. The van der Waals surface area contributed by atoms with E-state index in [1.165, 1.54) is 0 Å². The van der Waals surface area contributed by atoms with E-state index >= 15 is 0 Å². The standard InChI is InChI=1S/C3H5BN2/c1-2-5-4-6-3-1/h1-2,6H,3H2. The Morgan fingerprint density at radius 2 is 2.83 bits per heavy atom. The first-order valence-corrected chi connectivity index (χ1v) is 1.90. The molecule has 0 atom stereocenters. The molecule has 30 valence electrons. The smallest absolute Gasteiger partial charge is 0.338 e. The molecule has 0 bridgehead atoms. The van der Waals surface area contributed by atoms with Crippen molar-refractivity contribution in [3.05, 3.63) is 6.42 Å². The molecule has 1 aliphatic heterocycles. The molecule has 2 radical (unpaired) electrons. The van der Waals surface area contributed by atoms with Gasteiger partial charge in [0.2, 0.25) is 0 Å². The summed E-state index contributed by atoms with van der Waals surface area (Å²) in [6, 6.07) is 0. The van der Waals surface area contributed by atoms with Gasteiger partial charge in [0.1, 0.15) is 0 Å². The molecule has 1 N–H and O–H groups in total. The van der Waals surface area contributed by atoms with Crippen LogP contribution in [-0.4, -0.2) is 20.3 Å². The van der Waals surface area contributed by atoms with Crippen molar-refractivity contribution in [3.63, 3.8) is 0 Å². The summed E-state index contributed by atoms with van der Waals surface area (Å²) in [5, 5.41) is 2.91. The Labute approximate surface area is 37.9 Å². The molecule has 3 heteroatoms. The van der Waals surface area contributed by atoms with E-state index in [2.05, 4.69) is 10.1 Å². The minimum Gasteiger partial charge on any atom is -0.338 e. The zero-order valence-electron chi connectivity index (χ0n) is 3.39. The van der Waals surface area contributed by atoms with Gasteiger partial charge in [-0.2, -0.15) is 0 Å². The number of nitrogens with zero attached hydrogens (tertiary/aromatic N) is 1. The van der Waals surface area contributed by atoms with Crippen molar-refractivity contribution in [3.8, 4) is 0 Å². The fourth-order valence-corrected chi connectivity index (χ4v) is 0.330. The monoisotopic (exact) mass is 80.1 g/mol. The maximum absolute atomic E-state index is 3.76. The van der Waals surface area contributed by atoms with Gasteiger partial charge in [0, 0.05) is 6.42 Å². The minimum atomic E-state index is 0.920. The summed E-state index contributed by atoms with van der Waals surface area (Å²) in [7, 11) is 1.68. The summed E-state index contributed by atoms with van der Waals surface area (Å²) in [5.74, 6) is 0. The molecule has 0 unspecified atom stereocenters. The summed E-state index contributed by atoms with van der Waals surface area (Å²) in [6.45, 7) is 0.920. The lowest BCUT2D eigenvalue weighted by Crippen LogP contribution is -2.23. The van der Waals surface area contributed by atoms with E-state index in [1.54, 1.807) is 13.8 Å². The first kappa shape index (κ1) is 3.87. The molecule has 0 aromatic carbocycles. The summed E-state index contributed by atoms with van der Waals surface area (Å²) in [4.78, 5) is 3.76. The van der Waals surface area contributed by atoms with E-state index in [1.807, 2.05) is 6.42 Å². The summed E-state index contributed by atoms with van der Waals surface area (Å²) in [6.07, 6.45) is 3.73. The van der Waals surface area contributed by atoms with E-state index in [0.29, 0.717) is 0 Å². The quantitative estimate of drug-likeness (QED) is 0.386. The van der Waals surface area contributed by atoms with Gasteiger partial charge >= 0.3 is 7.55 Å². The van der Waals surface area contributed by atoms with Gasteiger partial charge in [0.05, 0.1) is 0 Å². The fraction of sp³-hybridized carbons (Fsp3) is 0.333. The molecule has 1 heterocycles. The van der Waals surface area contributed by atoms with Crippen molar-refractivity contribution in [1.82, 2.24) is 5.23 Å². The van der Waals surface area contributed by atoms with Crippen molar-refractivity contribution in [1.29, 1.82) is 0 Å². The van der Waals surface area contributed by atoms with Gasteiger partial charge in [0.15, 0.2) is 0 Å². The van der Waals surface area contributed by atoms with Crippen molar-refractivity contribution in [2.24, 2.45) is 4.90 Å². The van der Waals surface area contributed by atoms with Crippen LogP contribution in [0.5, 0.6) is 0 Å². The van der Waals surface area contributed by atoms with Crippen LogP contribution in [0.2, 0.25) is 0 Å². The van der Waals surface area contributed by atoms with Crippen LogP contribution in [0.3, 0.4) is 0 Å². The summed E-state index contributed by atoms with van der Waals surface area (Å²) < 4.78 is 0. The highest BCUT2D eigenvalue weighted by atomic mass is 14.9. The van der Waals surface area contributed by atoms with Crippen molar-refractivity contribution in [2.75, 3.05) is 6.54 Å². The Morgan fingerprint density at radius 3 is 3.00 bits per heavy atom. The van der Waals surface area contributed by atoms with E-state index in [-0.39, 0.29) is 0 Å². The lowest BCUT2D eigenvalue weighted by Gasteiger charge is -1.98. The highest BCUT2D eigenvalue weighted by Crippen LogP contribution is 1.72. The van der Waals surface area contributed by atoms with Gasteiger partial charge in [0.25, 0.3) is 0 Å². The fourth-order valence-electron chi connectivity index (χ4n) is 0.330.